The van der Waals surface area contributed by atoms with Gasteiger partial charge in [0.25, 0.3) is 5.91 Å². The predicted octanol–water partition coefficient (Wildman–Crippen LogP) is 3.16. The molecule has 6 nitrogen and oxygen atoms in total. The lowest BCUT2D eigenvalue weighted by Gasteiger charge is -2.14. The molecule has 1 aliphatic rings. The summed E-state index contributed by atoms with van der Waals surface area (Å²) in [6.45, 7) is 4.28. The van der Waals surface area contributed by atoms with Gasteiger partial charge in [0, 0.05) is 12.1 Å². The van der Waals surface area contributed by atoms with Gasteiger partial charge >= 0.3 is 5.97 Å². The molecule has 0 atom stereocenters. The third-order valence-electron chi connectivity index (χ3n) is 3.26. The molecule has 0 spiro atoms. The smallest absolute Gasteiger partial charge is 0.341 e. The van der Waals surface area contributed by atoms with E-state index >= 15 is 0 Å². The van der Waals surface area contributed by atoms with Crippen molar-refractivity contribution in [2.24, 2.45) is 0 Å². The molecule has 1 N–H and O–H groups in total. The third kappa shape index (κ3) is 4.73. The van der Waals surface area contributed by atoms with Crippen LogP contribution in [-0.4, -0.2) is 46.0 Å². The Labute approximate surface area is 155 Å². The van der Waals surface area contributed by atoms with Gasteiger partial charge in [0.15, 0.2) is 18.1 Å². The molecule has 0 radical (unpaired) electrons. The average molecular weight is 381 g/mol. The number of nitrogens with zero attached hydrogens (tertiary/aromatic N) is 1. The first kappa shape index (κ1) is 19.3. The summed E-state index contributed by atoms with van der Waals surface area (Å²) in [5.41, 5.74) is 0.573. The van der Waals surface area contributed by atoms with Crippen LogP contribution in [-0.2, 0) is 9.59 Å². The van der Waals surface area contributed by atoms with E-state index in [-0.39, 0.29) is 5.91 Å². The SMILES string of the molecule is CCCN1C(=O)C(=Cc2cccc(OCC)c2OCC(=O)O)SC1=S. The van der Waals surface area contributed by atoms with Gasteiger partial charge in [-0.3, -0.25) is 9.69 Å². The zero-order chi connectivity index (χ0) is 18.4. The van der Waals surface area contributed by atoms with Gasteiger partial charge in [-0.25, -0.2) is 4.79 Å². The van der Waals surface area contributed by atoms with Crippen LogP contribution in [0.3, 0.4) is 0 Å². The number of para-hydroxylation sites is 1. The summed E-state index contributed by atoms with van der Waals surface area (Å²) in [5.74, 6) is -0.511. The number of benzene rings is 1. The van der Waals surface area contributed by atoms with Gasteiger partial charge < -0.3 is 14.6 Å². The second kappa shape index (κ2) is 8.87. The molecule has 1 fully saturated rings. The Morgan fingerprint density at radius 3 is 2.76 bits per heavy atom. The number of hydrogen-bond donors (Lipinski definition) is 1. The van der Waals surface area contributed by atoms with Crippen LogP contribution in [0.4, 0.5) is 0 Å². The largest absolute Gasteiger partial charge is 0.490 e. The number of carbonyl (C=O) groups is 2. The van der Waals surface area contributed by atoms with Gasteiger partial charge in [0.1, 0.15) is 4.32 Å². The van der Waals surface area contributed by atoms with Crippen LogP contribution in [0.5, 0.6) is 11.5 Å². The zero-order valence-corrected chi connectivity index (χ0v) is 15.6. The fourth-order valence-electron chi connectivity index (χ4n) is 2.26. The van der Waals surface area contributed by atoms with Crippen molar-refractivity contribution in [2.45, 2.75) is 20.3 Å². The van der Waals surface area contributed by atoms with Crippen LogP contribution >= 0.6 is 24.0 Å². The maximum atomic E-state index is 12.5. The van der Waals surface area contributed by atoms with Crippen LogP contribution in [0.2, 0.25) is 0 Å². The first-order chi connectivity index (χ1) is 12.0. The van der Waals surface area contributed by atoms with E-state index in [2.05, 4.69) is 0 Å². The molecule has 0 bridgehead atoms. The van der Waals surface area contributed by atoms with E-state index in [1.807, 2.05) is 13.8 Å². The molecule has 0 unspecified atom stereocenters. The van der Waals surface area contributed by atoms with Gasteiger partial charge in [0.05, 0.1) is 11.5 Å². The van der Waals surface area contributed by atoms with Crippen LogP contribution in [0.15, 0.2) is 23.1 Å². The number of thiocarbonyl (C=S) groups is 1. The summed E-state index contributed by atoms with van der Waals surface area (Å²) in [5, 5.41) is 8.88. The van der Waals surface area contributed by atoms with Crippen LogP contribution < -0.4 is 9.47 Å². The summed E-state index contributed by atoms with van der Waals surface area (Å²) in [6, 6.07) is 5.20. The molecule has 0 aromatic heterocycles. The van der Waals surface area contributed by atoms with Crippen LogP contribution in [0, 0.1) is 0 Å². The molecule has 1 aliphatic heterocycles. The summed E-state index contributed by atoms with van der Waals surface area (Å²) in [7, 11) is 0. The quantitative estimate of drug-likeness (QED) is 0.547. The molecule has 1 heterocycles. The van der Waals surface area contributed by atoms with Crippen molar-refractivity contribution in [3.8, 4) is 11.5 Å². The molecule has 1 aromatic rings. The minimum absolute atomic E-state index is 0.150. The van der Waals surface area contributed by atoms with Crippen molar-refractivity contribution < 1.29 is 24.2 Å². The summed E-state index contributed by atoms with van der Waals surface area (Å²) in [6.07, 6.45) is 2.47. The van der Waals surface area contributed by atoms with E-state index in [0.29, 0.717) is 39.4 Å². The maximum Gasteiger partial charge on any atom is 0.341 e. The number of carboxylic acid groups (broad SMARTS) is 1. The van der Waals surface area contributed by atoms with Crippen molar-refractivity contribution in [3.63, 3.8) is 0 Å². The van der Waals surface area contributed by atoms with E-state index in [4.69, 9.17) is 26.8 Å². The van der Waals surface area contributed by atoms with Crippen molar-refractivity contribution in [2.75, 3.05) is 19.8 Å². The van der Waals surface area contributed by atoms with E-state index in [1.165, 1.54) is 11.8 Å². The Bertz CT molecular complexity index is 717. The molecule has 0 aliphatic carbocycles. The first-order valence-electron chi connectivity index (χ1n) is 7.83. The molecule has 1 saturated heterocycles. The Morgan fingerprint density at radius 2 is 2.12 bits per heavy atom. The van der Waals surface area contributed by atoms with E-state index in [9.17, 15) is 9.59 Å². The van der Waals surface area contributed by atoms with Crippen molar-refractivity contribution in [1.82, 2.24) is 4.90 Å². The predicted molar refractivity (Wildman–Crippen MR) is 101 cm³/mol. The maximum absolute atomic E-state index is 12.5. The summed E-state index contributed by atoms with van der Waals surface area (Å²) < 4.78 is 11.4. The third-order valence-corrected chi connectivity index (χ3v) is 4.63. The van der Waals surface area contributed by atoms with Crippen molar-refractivity contribution in [3.05, 3.63) is 28.7 Å². The molecule has 134 valence electrons. The highest BCUT2D eigenvalue weighted by Crippen LogP contribution is 2.37. The summed E-state index contributed by atoms with van der Waals surface area (Å²) in [4.78, 5) is 25.4. The van der Waals surface area contributed by atoms with Gasteiger partial charge in [-0.05, 0) is 25.5 Å². The standard InChI is InChI=1S/C17H19NO5S2/c1-3-8-18-16(21)13(25-17(18)24)9-11-6-5-7-12(22-4-2)15(11)23-10-14(19)20/h5-7,9H,3-4,8,10H2,1-2H3,(H,19,20). The highest BCUT2D eigenvalue weighted by atomic mass is 32.2. The molecule has 8 heteroatoms. The van der Waals surface area contributed by atoms with Crippen molar-refractivity contribution in [1.29, 1.82) is 0 Å². The highest BCUT2D eigenvalue weighted by molar-refractivity contribution is 8.26. The molecule has 0 saturated carbocycles. The van der Waals surface area contributed by atoms with Crippen LogP contribution in [0.1, 0.15) is 25.8 Å². The van der Waals surface area contributed by atoms with Crippen molar-refractivity contribution >= 4 is 46.3 Å². The Kier molecular flexibility index (Phi) is 6.83. The lowest BCUT2D eigenvalue weighted by molar-refractivity contribution is -0.139. The Morgan fingerprint density at radius 1 is 1.36 bits per heavy atom. The lowest BCUT2D eigenvalue weighted by atomic mass is 10.1. The number of ether oxygens (including phenoxy) is 2. The molecular weight excluding hydrogens is 362 g/mol. The number of hydrogen-bond acceptors (Lipinski definition) is 6. The molecule has 25 heavy (non-hydrogen) atoms. The van der Waals surface area contributed by atoms with Gasteiger partial charge in [-0.1, -0.05) is 43.0 Å². The highest BCUT2D eigenvalue weighted by Gasteiger charge is 2.31. The fraction of sp³-hybridized carbons (Fsp3) is 0.353. The minimum Gasteiger partial charge on any atom is -0.490 e. The Hall–Kier alpha value is -2.06. The lowest BCUT2D eigenvalue weighted by Crippen LogP contribution is -2.28. The normalized spacial score (nSPS) is 15.8. The average Bonchev–Trinajstić information content (AvgIpc) is 2.82. The van der Waals surface area contributed by atoms with E-state index in [0.717, 1.165) is 6.42 Å². The number of aliphatic carboxylic acids is 1. The van der Waals surface area contributed by atoms with Gasteiger partial charge in [0.2, 0.25) is 0 Å². The van der Waals surface area contributed by atoms with Gasteiger partial charge in [-0.2, -0.15) is 0 Å². The number of carbonyl (C=O) groups excluding carboxylic acids is 1. The van der Waals surface area contributed by atoms with E-state index in [1.54, 1.807) is 29.2 Å². The first-order valence-corrected chi connectivity index (χ1v) is 9.06. The monoisotopic (exact) mass is 381 g/mol. The second-order valence-corrected chi connectivity index (χ2v) is 6.80. The minimum atomic E-state index is -1.09. The zero-order valence-electron chi connectivity index (χ0n) is 14.0. The Balaban J connectivity index is 2.37. The van der Waals surface area contributed by atoms with Crippen LogP contribution in [0.25, 0.3) is 6.08 Å². The topological polar surface area (TPSA) is 76.1 Å². The molecule has 1 aromatic carbocycles. The number of thioether (sulfide) groups is 1. The fourth-order valence-corrected chi connectivity index (χ4v) is 3.56. The molecule has 2 rings (SSSR count). The number of amides is 1. The number of carboxylic acids is 1. The van der Waals surface area contributed by atoms with E-state index < -0.39 is 12.6 Å². The molecule has 1 amide bonds. The van der Waals surface area contributed by atoms with Gasteiger partial charge in [-0.15, -0.1) is 0 Å². The molecular formula is C17H19NO5S2. The summed E-state index contributed by atoms with van der Waals surface area (Å²) >= 11 is 6.48. The second-order valence-electron chi connectivity index (χ2n) is 5.12. The number of rotatable bonds is 8.